The molecular formula is C41H53ClN4O14S. The van der Waals surface area contributed by atoms with Crippen LogP contribution in [0.1, 0.15) is 65.4 Å². The van der Waals surface area contributed by atoms with Gasteiger partial charge in [-0.25, -0.2) is 14.4 Å². The highest BCUT2D eigenvalue weighted by atomic mass is 35.5. The maximum absolute atomic E-state index is 14.2. The molecule has 8 atom stereocenters. The Morgan fingerprint density at radius 3 is 2.48 bits per heavy atom. The molecule has 4 heterocycles. The third-order valence-corrected chi connectivity index (χ3v) is 12.7. The molecule has 3 saturated heterocycles. The number of allylic oxidation sites excluding steroid dienone is 3. The molecular weight excluding hydrogens is 840 g/mol. The molecule has 20 heteroatoms. The summed E-state index contributed by atoms with van der Waals surface area (Å²) in [5, 5.41) is 14.9. The minimum absolute atomic E-state index is 0.0355. The van der Waals surface area contributed by atoms with Crippen LogP contribution in [0.15, 0.2) is 35.9 Å². The number of amides is 5. The molecule has 3 fully saturated rings. The van der Waals surface area contributed by atoms with Crippen LogP contribution in [0.3, 0.4) is 0 Å². The highest BCUT2D eigenvalue weighted by Crippen LogP contribution is 2.49. The predicted octanol–water partition coefficient (Wildman–Crippen LogP) is 3.25. The Labute approximate surface area is 363 Å². The number of likely N-dealkylation sites (N-methyl/N-ethyl adjacent to an activating group) is 1. The van der Waals surface area contributed by atoms with Gasteiger partial charge in [0.25, 0.3) is 11.8 Å². The van der Waals surface area contributed by atoms with E-state index < -0.39 is 89.4 Å². The number of methoxy groups -OCH3 is 2. The van der Waals surface area contributed by atoms with Gasteiger partial charge in [0.1, 0.15) is 40.7 Å². The molecule has 5 rings (SSSR count). The molecule has 1 unspecified atom stereocenters. The van der Waals surface area contributed by atoms with Crippen LogP contribution in [0.5, 0.6) is 5.75 Å². The first-order chi connectivity index (χ1) is 28.7. The fraction of sp³-hybridized carbons (Fsp3) is 0.585. The summed E-state index contributed by atoms with van der Waals surface area (Å²) in [5.74, 6) is -4.15. The van der Waals surface area contributed by atoms with Crippen LogP contribution >= 0.6 is 23.4 Å². The van der Waals surface area contributed by atoms with Crippen molar-refractivity contribution in [1.82, 2.24) is 15.3 Å². The lowest BCUT2D eigenvalue weighted by molar-refractivity contribution is -0.195. The molecule has 2 N–H and O–H groups in total. The van der Waals surface area contributed by atoms with Crippen molar-refractivity contribution in [1.29, 1.82) is 0 Å². The molecule has 1 aromatic carbocycles. The number of imide groups is 1. The first-order valence-electron chi connectivity index (χ1n) is 19.7. The fourth-order valence-corrected chi connectivity index (χ4v) is 8.49. The number of carbonyl (C=O) groups is 7. The number of alkyl carbamates (subject to hydrolysis) is 1. The SMILES string of the molecule is COc1cc2cc(c1Cl)N(C)C(=O)CC(OC(=O)[C@H](C)N(C)C(=O)CCSCC(=O)ON1C(=O)CCC1=O)[C@]1(C)O[C@H]1[C@H](C)[C@@H]1C[C@@](O)(NC(=O)O1)[C@H](OC)/C=C/C=C(\C)C2. The monoisotopic (exact) mass is 892 g/mol. The number of rotatable bonds is 11. The van der Waals surface area contributed by atoms with Crippen molar-refractivity contribution in [2.45, 2.75) is 108 Å². The summed E-state index contributed by atoms with van der Waals surface area (Å²) < 4.78 is 29.2. The van der Waals surface area contributed by atoms with Crippen LogP contribution in [-0.2, 0) is 59.0 Å². The first kappa shape index (κ1) is 47.4. The van der Waals surface area contributed by atoms with Gasteiger partial charge in [-0.15, -0.1) is 16.8 Å². The van der Waals surface area contributed by atoms with Gasteiger partial charge in [0, 0.05) is 58.6 Å². The Morgan fingerprint density at radius 1 is 1.13 bits per heavy atom. The first-order valence-corrected chi connectivity index (χ1v) is 21.2. The number of hydrogen-bond donors (Lipinski definition) is 2. The van der Waals surface area contributed by atoms with Gasteiger partial charge in [-0.3, -0.25) is 24.5 Å². The van der Waals surface area contributed by atoms with Gasteiger partial charge in [0.2, 0.25) is 11.8 Å². The molecule has 61 heavy (non-hydrogen) atoms. The van der Waals surface area contributed by atoms with Gasteiger partial charge in [-0.2, -0.15) is 0 Å². The van der Waals surface area contributed by atoms with Crippen molar-refractivity contribution >= 4 is 70.7 Å². The average Bonchev–Trinajstić information content (AvgIpc) is 3.82. The number of epoxide rings is 1. The van der Waals surface area contributed by atoms with Gasteiger partial charge in [0.05, 0.1) is 31.1 Å². The molecule has 4 aliphatic heterocycles. The smallest absolute Gasteiger partial charge is 0.409 e. The Morgan fingerprint density at radius 2 is 1.82 bits per heavy atom. The molecule has 334 valence electrons. The molecule has 0 spiro atoms. The van der Waals surface area contributed by atoms with Gasteiger partial charge in [-0.1, -0.05) is 42.3 Å². The summed E-state index contributed by atoms with van der Waals surface area (Å²) in [4.78, 5) is 97.2. The normalized spacial score (nSPS) is 29.9. The van der Waals surface area contributed by atoms with Crippen LogP contribution in [0, 0.1) is 5.92 Å². The van der Waals surface area contributed by atoms with E-state index in [2.05, 4.69) is 5.32 Å². The Hall–Kier alpha value is -4.69. The van der Waals surface area contributed by atoms with Crippen molar-refractivity contribution in [3.63, 3.8) is 0 Å². The molecule has 0 aromatic heterocycles. The van der Waals surface area contributed by atoms with Crippen molar-refractivity contribution in [2.75, 3.05) is 44.7 Å². The summed E-state index contributed by atoms with van der Waals surface area (Å²) >= 11 is 7.81. The second-order valence-electron chi connectivity index (χ2n) is 15.8. The quantitative estimate of drug-likeness (QED) is 0.141. The topological polar surface area (TPSA) is 220 Å². The highest BCUT2D eigenvalue weighted by Gasteiger charge is 2.64. The van der Waals surface area contributed by atoms with Gasteiger partial charge in [-0.05, 0) is 44.9 Å². The van der Waals surface area contributed by atoms with Gasteiger partial charge >= 0.3 is 18.0 Å². The second kappa shape index (κ2) is 19.6. The van der Waals surface area contributed by atoms with Crippen molar-refractivity contribution in [3.05, 3.63) is 46.5 Å². The lowest BCUT2D eigenvalue weighted by Gasteiger charge is -2.42. The van der Waals surface area contributed by atoms with Crippen LogP contribution in [0.4, 0.5) is 10.5 Å². The van der Waals surface area contributed by atoms with E-state index in [-0.39, 0.29) is 48.6 Å². The molecule has 4 aliphatic rings. The van der Waals surface area contributed by atoms with Crippen LogP contribution in [0.2, 0.25) is 5.02 Å². The van der Waals surface area contributed by atoms with E-state index >= 15 is 0 Å². The number of halogens is 1. The Kier molecular flexibility index (Phi) is 15.2. The number of nitrogens with one attached hydrogen (secondary N) is 1. The summed E-state index contributed by atoms with van der Waals surface area (Å²) in [5.41, 5.74) is -1.17. The van der Waals surface area contributed by atoms with Crippen LogP contribution in [0.25, 0.3) is 0 Å². The van der Waals surface area contributed by atoms with E-state index in [0.717, 1.165) is 22.9 Å². The van der Waals surface area contributed by atoms with E-state index in [1.165, 1.54) is 45.0 Å². The molecule has 0 aliphatic carbocycles. The molecule has 0 radical (unpaired) electrons. The van der Waals surface area contributed by atoms with Crippen molar-refractivity contribution < 1.29 is 67.2 Å². The number of nitrogens with zero attached hydrogens (tertiary/aromatic N) is 3. The fourth-order valence-electron chi connectivity index (χ4n) is 7.50. The Bertz CT molecular complexity index is 1960. The lowest BCUT2D eigenvalue weighted by atomic mass is 9.83. The molecule has 0 saturated carbocycles. The number of carbonyl (C=O) groups excluding carboxylic acids is 7. The number of hydrogen-bond acceptors (Lipinski definition) is 15. The maximum Gasteiger partial charge on any atom is 0.409 e. The van der Waals surface area contributed by atoms with E-state index in [1.807, 2.05) is 13.0 Å². The summed E-state index contributed by atoms with van der Waals surface area (Å²) in [6.45, 7) is 6.79. The van der Waals surface area contributed by atoms with E-state index in [0.29, 0.717) is 22.9 Å². The zero-order valence-corrected chi connectivity index (χ0v) is 37.0. The van der Waals surface area contributed by atoms with Crippen molar-refractivity contribution in [2.24, 2.45) is 5.92 Å². The largest absolute Gasteiger partial charge is 0.495 e. The van der Waals surface area contributed by atoms with Gasteiger partial charge in [0.15, 0.2) is 5.72 Å². The number of esters is 1. The van der Waals surface area contributed by atoms with Crippen LogP contribution < -0.4 is 15.0 Å². The number of thioether (sulfide) groups is 1. The zero-order chi connectivity index (χ0) is 45.0. The number of aliphatic hydroxyl groups is 1. The molecule has 4 bridgehead atoms. The number of ether oxygens (including phenoxy) is 5. The predicted molar refractivity (Wildman–Crippen MR) is 220 cm³/mol. The number of anilines is 1. The number of hydroxylamine groups is 2. The van der Waals surface area contributed by atoms with Crippen LogP contribution in [-0.4, -0.2) is 138 Å². The lowest BCUT2D eigenvalue weighted by Crippen LogP contribution is -2.63. The minimum Gasteiger partial charge on any atom is -0.495 e. The van der Waals surface area contributed by atoms with Gasteiger partial charge < -0.3 is 43.4 Å². The Balaban J connectivity index is 1.36. The average molecular weight is 893 g/mol. The molecule has 5 amide bonds. The van der Waals surface area contributed by atoms with E-state index in [9.17, 15) is 38.7 Å². The highest BCUT2D eigenvalue weighted by molar-refractivity contribution is 7.99. The second-order valence-corrected chi connectivity index (χ2v) is 17.2. The summed E-state index contributed by atoms with van der Waals surface area (Å²) in [6.07, 6.45) is 0.237. The minimum atomic E-state index is -1.87. The standard InChI is InChI=1S/C41H53ClN4O14S/c1-22-10-9-11-29(56-8)41(54)20-28(57-39(53)43-41)23(2)37-40(4,59-37)30(19-34(50)45(6)26-17-25(16-22)18-27(55-7)36(26)42)58-38(52)24(3)44(5)31(47)14-15-61-21-35(51)60-46-32(48)12-13-33(46)49/h9-11,17-18,23-24,28-30,37,54H,12-16,19-21H2,1-8H3,(H,43,53)/b11-9+,22-10+/t23-,24+,28+,29-,30?,37+,40+,41+/m1/s1. The van der Waals surface area contributed by atoms with E-state index in [1.54, 1.807) is 38.1 Å². The zero-order valence-electron chi connectivity index (χ0n) is 35.4. The summed E-state index contributed by atoms with van der Waals surface area (Å²) in [6, 6.07) is 2.38. The summed E-state index contributed by atoms with van der Waals surface area (Å²) in [7, 11) is 5.82. The molecule has 18 nitrogen and oxygen atoms in total. The van der Waals surface area contributed by atoms with E-state index in [4.69, 9.17) is 40.1 Å². The third kappa shape index (κ3) is 10.9. The van der Waals surface area contributed by atoms with Crippen molar-refractivity contribution in [3.8, 4) is 5.75 Å². The number of benzene rings is 1. The third-order valence-electron chi connectivity index (χ3n) is 11.4. The molecule has 1 aromatic rings. The number of fused-ring (bicyclic) bond motifs is 5. The maximum atomic E-state index is 14.2.